The Morgan fingerprint density at radius 2 is 2.36 bits per heavy atom. The molecule has 1 rings (SSSR count). The molecular formula is C4H8N5NaS. The van der Waals surface area contributed by atoms with Gasteiger partial charge in [0, 0.05) is 5.71 Å². The van der Waals surface area contributed by atoms with Crippen LogP contribution in [0.1, 0.15) is 15.3 Å². The number of hydrogen-bond donors (Lipinski definition) is 1. The van der Waals surface area contributed by atoms with Crippen molar-refractivity contribution < 1.29 is 31.0 Å². The monoisotopic (exact) mass is 181 g/mol. The molecule has 0 radical (unpaired) electrons. The van der Waals surface area contributed by atoms with Crippen LogP contribution >= 0.6 is 12.2 Å². The molecule has 0 saturated carbocycles. The van der Waals surface area contributed by atoms with Crippen LogP contribution in [0.5, 0.6) is 0 Å². The fourth-order valence-corrected chi connectivity index (χ4v) is 0.580. The molecule has 0 aliphatic rings. The minimum absolute atomic E-state index is 0. The maximum absolute atomic E-state index is 4.75. The Labute approximate surface area is 92.6 Å². The van der Waals surface area contributed by atoms with Crippen molar-refractivity contribution in [2.24, 2.45) is 5.10 Å². The third-order valence-corrected chi connectivity index (χ3v) is 1.01. The Hall–Kier alpha value is -0.0400. The summed E-state index contributed by atoms with van der Waals surface area (Å²) in [6, 6.07) is 0. The molecule has 5 nitrogen and oxygen atoms in total. The zero-order valence-electron chi connectivity index (χ0n) is 7.70. The number of tetrazole rings is 1. The van der Waals surface area contributed by atoms with Gasteiger partial charge in [0.2, 0.25) is 0 Å². The van der Waals surface area contributed by atoms with Crippen LogP contribution in [0.25, 0.3) is 0 Å². The van der Waals surface area contributed by atoms with Crippen molar-refractivity contribution in [1.29, 1.82) is 0 Å². The van der Waals surface area contributed by atoms with Gasteiger partial charge < -0.3 is 1.43 Å². The van der Waals surface area contributed by atoms with Crippen molar-refractivity contribution in [1.82, 2.24) is 20.3 Å². The quantitative estimate of drug-likeness (QED) is 0.301. The average Bonchev–Trinajstić information content (AvgIpc) is 2.15. The molecule has 0 aliphatic carbocycles. The Bertz CT molecular complexity index is 300. The second-order valence-electron chi connectivity index (χ2n) is 1.94. The molecule has 1 aromatic heterocycles. The Morgan fingerprint density at radius 3 is 2.73 bits per heavy atom. The van der Waals surface area contributed by atoms with E-state index in [1.54, 1.807) is 0 Å². The van der Waals surface area contributed by atoms with E-state index in [0.717, 1.165) is 5.71 Å². The second-order valence-corrected chi connectivity index (χ2v) is 2.31. The van der Waals surface area contributed by atoms with E-state index in [1.165, 1.54) is 4.79 Å². The van der Waals surface area contributed by atoms with Gasteiger partial charge in [0.1, 0.15) is 0 Å². The summed E-state index contributed by atoms with van der Waals surface area (Å²) in [5.74, 6) is 0. The summed E-state index contributed by atoms with van der Waals surface area (Å²) in [6.45, 7) is 3.73. The number of hydrogen-bond acceptors (Lipinski definition) is 4. The molecule has 56 valence electrons. The van der Waals surface area contributed by atoms with Crippen LogP contribution in [0.3, 0.4) is 0 Å². The molecular weight excluding hydrogens is 173 g/mol. The molecule has 0 spiro atoms. The third-order valence-electron chi connectivity index (χ3n) is 0.756. The molecule has 1 heterocycles. The van der Waals surface area contributed by atoms with E-state index < -0.39 is 0 Å². The molecule has 0 bridgehead atoms. The van der Waals surface area contributed by atoms with Crippen LogP contribution in [0, 0.1) is 4.77 Å². The molecule has 0 atom stereocenters. The molecule has 7 heteroatoms. The molecule has 0 amide bonds. The molecule has 11 heavy (non-hydrogen) atoms. The summed E-state index contributed by atoms with van der Waals surface area (Å²) in [7, 11) is 0. The fourth-order valence-electron chi connectivity index (χ4n) is 0.458. The van der Waals surface area contributed by atoms with Gasteiger partial charge in [-0.15, -0.1) is 4.79 Å². The zero-order valence-corrected chi connectivity index (χ0v) is 9.51. The Kier molecular flexibility index (Phi) is 4.74. The van der Waals surface area contributed by atoms with E-state index in [2.05, 4.69) is 20.6 Å². The number of nitrogens with one attached hydrogen (secondary N) is 1. The smallest absolute Gasteiger partial charge is 1.00 e. The summed E-state index contributed by atoms with van der Waals surface area (Å²) >= 11 is 4.75. The van der Waals surface area contributed by atoms with Gasteiger partial charge in [-0.05, 0) is 31.3 Å². The standard InChI is InChI=1S/C4H7N5S.Na.H/c1-3(2)6-9-4(10)5-7-8-9;;/h1-2H3,(H,5,8,10);;/q;+1;-1. The first-order valence-corrected chi connectivity index (χ1v) is 3.13. The van der Waals surface area contributed by atoms with E-state index in [9.17, 15) is 0 Å². The Balaban J connectivity index is 0. The van der Waals surface area contributed by atoms with Gasteiger partial charge in [-0.3, -0.25) is 0 Å². The Morgan fingerprint density at radius 1 is 1.73 bits per heavy atom. The average molecular weight is 181 g/mol. The van der Waals surface area contributed by atoms with Crippen LogP contribution in [0.4, 0.5) is 0 Å². The maximum atomic E-state index is 4.75. The normalized spacial score (nSPS) is 8.55. The predicted octanol–water partition coefficient (Wildman–Crippen LogP) is -2.30. The number of aromatic amines is 1. The largest absolute Gasteiger partial charge is 1.00 e. The van der Waals surface area contributed by atoms with Gasteiger partial charge in [0.25, 0.3) is 4.77 Å². The van der Waals surface area contributed by atoms with Gasteiger partial charge in [-0.1, -0.05) is 5.10 Å². The summed E-state index contributed by atoms with van der Waals surface area (Å²) in [5, 5.41) is 13.5. The van der Waals surface area contributed by atoms with Crippen LogP contribution in [0.2, 0.25) is 0 Å². The fraction of sp³-hybridized carbons (Fsp3) is 0.500. The van der Waals surface area contributed by atoms with E-state index in [0.29, 0.717) is 4.77 Å². The number of nitrogens with zero attached hydrogens (tertiary/aromatic N) is 4. The van der Waals surface area contributed by atoms with Crippen molar-refractivity contribution in [3.63, 3.8) is 0 Å². The molecule has 0 unspecified atom stereocenters. The van der Waals surface area contributed by atoms with E-state index in [1.807, 2.05) is 13.8 Å². The van der Waals surface area contributed by atoms with E-state index in [4.69, 9.17) is 12.2 Å². The van der Waals surface area contributed by atoms with Crippen molar-refractivity contribution in [2.45, 2.75) is 13.8 Å². The summed E-state index contributed by atoms with van der Waals surface area (Å²) in [6.07, 6.45) is 0. The third kappa shape index (κ3) is 3.24. The van der Waals surface area contributed by atoms with Crippen LogP contribution in [0.15, 0.2) is 5.10 Å². The van der Waals surface area contributed by atoms with Gasteiger partial charge in [-0.25, -0.2) is 0 Å². The first kappa shape index (κ1) is 11.0. The van der Waals surface area contributed by atoms with Crippen LogP contribution in [-0.2, 0) is 0 Å². The van der Waals surface area contributed by atoms with Crippen LogP contribution in [-0.4, -0.2) is 26.0 Å². The number of rotatable bonds is 1. The first-order chi connectivity index (χ1) is 4.70. The zero-order chi connectivity index (χ0) is 7.56. The molecule has 1 N–H and O–H groups in total. The van der Waals surface area contributed by atoms with E-state index >= 15 is 0 Å². The topological polar surface area (TPSA) is 58.9 Å². The predicted molar refractivity (Wildman–Crippen MR) is 40.5 cm³/mol. The summed E-state index contributed by atoms with van der Waals surface area (Å²) in [4.78, 5) is 1.34. The molecule has 1 aromatic rings. The first-order valence-electron chi connectivity index (χ1n) is 2.72. The number of aromatic nitrogens is 4. The summed E-state index contributed by atoms with van der Waals surface area (Å²) in [5.41, 5.74) is 0.891. The van der Waals surface area contributed by atoms with Crippen molar-refractivity contribution in [3.05, 3.63) is 4.77 Å². The van der Waals surface area contributed by atoms with Gasteiger partial charge in [-0.2, -0.15) is 10.3 Å². The minimum Gasteiger partial charge on any atom is -1.00 e. The maximum Gasteiger partial charge on any atom is 1.00 e. The molecule has 0 saturated heterocycles. The van der Waals surface area contributed by atoms with Crippen molar-refractivity contribution >= 4 is 17.9 Å². The van der Waals surface area contributed by atoms with Gasteiger partial charge in [0.05, 0.1) is 0 Å². The SMILES string of the molecule is CC(C)=Nn1[nH]nnc1=S.[H-].[Na+]. The minimum atomic E-state index is 0. The van der Waals surface area contributed by atoms with Gasteiger partial charge in [0.15, 0.2) is 0 Å². The molecule has 0 fully saturated rings. The van der Waals surface area contributed by atoms with Crippen LogP contribution < -0.4 is 29.6 Å². The molecule has 0 aromatic carbocycles. The summed E-state index contributed by atoms with van der Waals surface area (Å²) < 4.78 is 0.334. The van der Waals surface area contributed by atoms with Crippen molar-refractivity contribution in [2.75, 3.05) is 0 Å². The second kappa shape index (κ2) is 4.76. The van der Waals surface area contributed by atoms with Gasteiger partial charge >= 0.3 is 29.6 Å². The molecule has 0 aliphatic heterocycles. The van der Waals surface area contributed by atoms with Crippen molar-refractivity contribution in [3.8, 4) is 0 Å². The number of H-pyrrole nitrogens is 1. The van der Waals surface area contributed by atoms with E-state index in [-0.39, 0.29) is 31.0 Å².